The lowest BCUT2D eigenvalue weighted by Gasteiger charge is -2.31. The van der Waals surface area contributed by atoms with Crippen LogP contribution in [0.25, 0.3) is 0 Å². The fourth-order valence-electron chi connectivity index (χ4n) is 3.23. The van der Waals surface area contributed by atoms with Crippen LogP contribution in [0.1, 0.15) is 20.3 Å². The second kappa shape index (κ2) is 9.21. The Bertz CT molecular complexity index is 787. The Kier molecular flexibility index (Phi) is 6.92. The number of nitrogens with zero attached hydrogens (tertiary/aromatic N) is 2. The van der Waals surface area contributed by atoms with Gasteiger partial charge in [0, 0.05) is 32.1 Å². The molecule has 1 N–H and O–H groups in total. The van der Waals surface area contributed by atoms with Crippen molar-refractivity contribution in [2.24, 2.45) is 5.92 Å². The third-order valence-electron chi connectivity index (χ3n) is 5.25. The number of hydrogen-bond acceptors (Lipinski definition) is 6. The second-order valence-electron chi connectivity index (χ2n) is 7.09. The number of amides is 1. The molecule has 2 fully saturated rings. The number of ether oxygens (including phenoxy) is 2. The van der Waals surface area contributed by atoms with Gasteiger partial charge in [0.15, 0.2) is 0 Å². The van der Waals surface area contributed by atoms with E-state index in [9.17, 15) is 13.2 Å². The summed E-state index contributed by atoms with van der Waals surface area (Å²) in [5.74, 6) is -0.269. The van der Waals surface area contributed by atoms with E-state index in [-0.39, 0.29) is 16.7 Å². The summed E-state index contributed by atoms with van der Waals surface area (Å²) in [6.07, 6.45) is 0.713. The van der Waals surface area contributed by atoms with E-state index in [2.05, 4.69) is 10.2 Å². The van der Waals surface area contributed by atoms with Crippen LogP contribution in [0.3, 0.4) is 0 Å². The van der Waals surface area contributed by atoms with E-state index >= 15 is 0 Å². The minimum atomic E-state index is -3.63. The molecular formula is C19H29N3O5S. The highest BCUT2D eigenvalue weighted by atomic mass is 32.2. The summed E-state index contributed by atoms with van der Waals surface area (Å²) < 4.78 is 38.2. The van der Waals surface area contributed by atoms with E-state index in [1.807, 2.05) is 13.8 Å². The first-order valence-electron chi connectivity index (χ1n) is 9.79. The molecule has 0 spiro atoms. The number of morpholine rings is 2. The molecule has 2 saturated heterocycles. The molecule has 3 rings (SSSR count). The minimum absolute atomic E-state index is 0.113. The Morgan fingerprint density at radius 2 is 1.71 bits per heavy atom. The molecule has 0 unspecified atom stereocenters. The van der Waals surface area contributed by atoms with E-state index < -0.39 is 10.0 Å². The molecule has 0 aliphatic carbocycles. The van der Waals surface area contributed by atoms with Crippen LogP contribution in [0.15, 0.2) is 23.1 Å². The maximum absolute atomic E-state index is 13.0. The van der Waals surface area contributed by atoms with Gasteiger partial charge in [-0.25, -0.2) is 8.42 Å². The van der Waals surface area contributed by atoms with Gasteiger partial charge in [0.05, 0.1) is 42.7 Å². The summed E-state index contributed by atoms with van der Waals surface area (Å²) in [4.78, 5) is 14.8. The lowest BCUT2D eigenvalue weighted by Crippen LogP contribution is -2.40. The molecule has 9 heteroatoms. The van der Waals surface area contributed by atoms with Gasteiger partial charge in [-0.15, -0.1) is 0 Å². The number of sulfonamides is 1. The van der Waals surface area contributed by atoms with Crippen LogP contribution in [0.4, 0.5) is 11.4 Å². The Morgan fingerprint density at radius 1 is 1.11 bits per heavy atom. The summed E-state index contributed by atoms with van der Waals surface area (Å²) in [5.41, 5.74) is 1.35. The predicted octanol–water partition coefficient (Wildman–Crippen LogP) is 1.53. The van der Waals surface area contributed by atoms with Crippen LogP contribution in [0, 0.1) is 5.92 Å². The van der Waals surface area contributed by atoms with E-state index in [0.717, 1.165) is 5.69 Å². The summed E-state index contributed by atoms with van der Waals surface area (Å²) in [6.45, 7) is 7.86. The molecule has 2 aliphatic heterocycles. The first-order chi connectivity index (χ1) is 13.4. The topological polar surface area (TPSA) is 88.2 Å². The van der Waals surface area contributed by atoms with Gasteiger partial charge in [0.2, 0.25) is 15.9 Å². The SMILES string of the molecule is CC[C@H](C)C(=O)Nc1cc(S(=O)(=O)N2CCOCC2)ccc1N1CCOCC1. The lowest BCUT2D eigenvalue weighted by molar-refractivity contribution is -0.119. The number of nitrogens with one attached hydrogen (secondary N) is 1. The smallest absolute Gasteiger partial charge is 0.243 e. The first-order valence-corrected chi connectivity index (χ1v) is 11.2. The van der Waals surface area contributed by atoms with Crippen molar-refractivity contribution in [2.45, 2.75) is 25.2 Å². The van der Waals surface area contributed by atoms with Crippen molar-refractivity contribution >= 4 is 27.3 Å². The molecule has 2 aliphatic rings. The van der Waals surface area contributed by atoms with Crippen molar-refractivity contribution in [1.82, 2.24) is 4.31 Å². The lowest BCUT2D eigenvalue weighted by atomic mass is 10.1. The zero-order valence-corrected chi connectivity index (χ0v) is 17.3. The van der Waals surface area contributed by atoms with Crippen molar-refractivity contribution in [3.63, 3.8) is 0 Å². The highest BCUT2D eigenvalue weighted by Crippen LogP contribution is 2.31. The fourth-order valence-corrected chi connectivity index (χ4v) is 4.67. The third kappa shape index (κ3) is 4.65. The summed E-state index contributed by atoms with van der Waals surface area (Å²) in [5, 5.41) is 2.94. The molecule has 156 valence electrons. The molecule has 28 heavy (non-hydrogen) atoms. The number of carbonyl (C=O) groups is 1. The van der Waals surface area contributed by atoms with E-state index in [4.69, 9.17) is 9.47 Å². The normalized spacial score (nSPS) is 20.0. The molecule has 1 amide bonds. The van der Waals surface area contributed by atoms with Gasteiger partial charge in [0.1, 0.15) is 0 Å². The van der Waals surface area contributed by atoms with Gasteiger partial charge in [-0.1, -0.05) is 13.8 Å². The van der Waals surface area contributed by atoms with Crippen LogP contribution in [0.5, 0.6) is 0 Å². The van der Waals surface area contributed by atoms with E-state index in [0.29, 0.717) is 64.7 Å². The van der Waals surface area contributed by atoms with Gasteiger partial charge in [-0.2, -0.15) is 4.31 Å². The van der Waals surface area contributed by atoms with Gasteiger partial charge in [-0.3, -0.25) is 4.79 Å². The summed E-state index contributed by atoms with van der Waals surface area (Å²) in [6, 6.07) is 4.98. The zero-order chi connectivity index (χ0) is 20.1. The average Bonchev–Trinajstić information content (AvgIpc) is 2.74. The van der Waals surface area contributed by atoms with Gasteiger partial charge < -0.3 is 19.7 Å². The van der Waals surface area contributed by atoms with Crippen LogP contribution in [0.2, 0.25) is 0 Å². The minimum Gasteiger partial charge on any atom is -0.379 e. The van der Waals surface area contributed by atoms with Crippen LogP contribution >= 0.6 is 0 Å². The van der Waals surface area contributed by atoms with Crippen molar-refractivity contribution < 1.29 is 22.7 Å². The number of benzene rings is 1. The Hall–Kier alpha value is -1.68. The van der Waals surface area contributed by atoms with Crippen LogP contribution in [-0.4, -0.2) is 71.2 Å². The standard InChI is InChI=1S/C19H29N3O5S/c1-3-15(2)19(23)20-17-14-16(28(24,25)22-8-12-27-13-9-22)4-5-18(17)21-6-10-26-11-7-21/h4-5,14-15H,3,6-13H2,1-2H3,(H,20,23)/t15-/m0/s1. The quantitative estimate of drug-likeness (QED) is 0.764. The maximum atomic E-state index is 13.0. The number of anilines is 2. The van der Waals surface area contributed by atoms with Crippen LogP contribution < -0.4 is 10.2 Å². The maximum Gasteiger partial charge on any atom is 0.243 e. The largest absolute Gasteiger partial charge is 0.379 e. The average molecular weight is 412 g/mol. The van der Waals surface area contributed by atoms with Gasteiger partial charge in [-0.05, 0) is 24.6 Å². The molecule has 8 nitrogen and oxygen atoms in total. The monoisotopic (exact) mass is 411 g/mol. The number of carbonyl (C=O) groups excluding carboxylic acids is 1. The van der Waals surface area contributed by atoms with Crippen molar-refractivity contribution in [1.29, 1.82) is 0 Å². The van der Waals surface area contributed by atoms with Crippen molar-refractivity contribution in [2.75, 3.05) is 62.8 Å². The summed E-state index contributed by atoms with van der Waals surface area (Å²) in [7, 11) is -3.63. The van der Waals surface area contributed by atoms with Crippen molar-refractivity contribution in [3.05, 3.63) is 18.2 Å². The number of rotatable bonds is 6. The van der Waals surface area contributed by atoms with E-state index in [1.165, 1.54) is 4.31 Å². The Labute approximate surface area is 166 Å². The number of hydrogen-bond donors (Lipinski definition) is 1. The molecule has 0 radical (unpaired) electrons. The fraction of sp³-hybridized carbons (Fsp3) is 0.632. The molecule has 0 saturated carbocycles. The van der Waals surface area contributed by atoms with Crippen molar-refractivity contribution in [3.8, 4) is 0 Å². The second-order valence-corrected chi connectivity index (χ2v) is 9.03. The molecule has 2 heterocycles. The van der Waals surface area contributed by atoms with Gasteiger partial charge >= 0.3 is 0 Å². The Balaban J connectivity index is 1.94. The van der Waals surface area contributed by atoms with Crippen LogP contribution in [-0.2, 0) is 24.3 Å². The molecule has 1 atom stereocenters. The first kappa shape index (κ1) is 21.0. The summed E-state index contributed by atoms with van der Waals surface area (Å²) >= 11 is 0. The highest BCUT2D eigenvalue weighted by Gasteiger charge is 2.28. The Morgan fingerprint density at radius 3 is 2.32 bits per heavy atom. The molecule has 0 aromatic heterocycles. The molecular weight excluding hydrogens is 382 g/mol. The molecule has 0 bridgehead atoms. The highest BCUT2D eigenvalue weighted by molar-refractivity contribution is 7.89. The zero-order valence-electron chi connectivity index (χ0n) is 16.5. The molecule has 1 aromatic rings. The predicted molar refractivity (Wildman–Crippen MR) is 107 cm³/mol. The molecule has 1 aromatic carbocycles. The van der Waals surface area contributed by atoms with Gasteiger partial charge in [0.25, 0.3) is 0 Å². The third-order valence-corrected chi connectivity index (χ3v) is 7.14. The van der Waals surface area contributed by atoms with E-state index in [1.54, 1.807) is 18.2 Å².